The van der Waals surface area contributed by atoms with E-state index >= 15 is 0 Å². The van der Waals surface area contributed by atoms with Crippen LogP contribution in [0.3, 0.4) is 0 Å². The van der Waals surface area contributed by atoms with Crippen molar-refractivity contribution in [3.05, 3.63) is 23.9 Å². The lowest BCUT2D eigenvalue weighted by Crippen LogP contribution is -2.27. The highest BCUT2D eigenvalue weighted by molar-refractivity contribution is 5.37. The molecule has 0 atom stereocenters. The fourth-order valence-electron chi connectivity index (χ4n) is 1.28. The number of aromatic nitrogens is 1. The number of pyridine rings is 1. The predicted octanol–water partition coefficient (Wildman–Crippen LogP) is 2.40. The molecule has 0 spiro atoms. The summed E-state index contributed by atoms with van der Waals surface area (Å²) in [6.07, 6.45) is 0. The molecule has 0 aliphatic heterocycles. The minimum Gasteiger partial charge on any atom is -0.365 e. The molecule has 0 aliphatic carbocycles. The Balaban J connectivity index is 2.66. The molecule has 0 fully saturated rings. The van der Waals surface area contributed by atoms with Gasteiger partial charge in [-0.3, -0.25) is 0 Å². The fraction of sp³-hybridized carbons (Fsp3) is 0.583. The fourth-order valence-corrected chi connectivity index (χ4v) is 1.28. The lowest BCUT2D eigenvalue weighted by atomic mass is 10.1. The molecule has 1 rings (SSSR count). The number of nitrogens with zero attached hydrogens (tertiary/aromatic N) is 1. The maximum Gasteiger partial charge on any atom is 0.126 e. The van der Waals surface area contributed by atoms with Crippen LogP contribution < -0.4 is 10.6 Å². The summed E-state index contributed by atoms with van der Waals surface area (Å²) in [6, 6.07) is 6.07. The van der Waals surface area contributed by atoms with Crippen molar-refractivity contribution >= 4 is 5.82 Å². The summed E-state index contributed by atoms with van der Waals surface area (Å²) >= 11 is 0. The van der Waals surface area contributed by atoms with Crippen LogP contribution in [0.2, 0.25) is 0 Å². The molecule has 84 valence electrons. The average Bonchev–Trinajstić information content (AvgIpc) is 2.12. The van der Waals surface area contributed by atoms with Crippen molar-refractivity contribution in [2.45, 2.75) is 39.8 Å². The van der Waals surface area contributed by atoms with E-state index in [1.54, 1.807) is 0 Å². The quantitative estimate of drug-likeness (QED) is 0.796. The van der Waals surface area contributed by atoms with Gasteiger partial charge in [-0.25, -0.2) is 4.98 Å². The van der Waals surface area contributed by atoms with Gasteiger partial charge in [-0.2, -0.15) is 0 Å². The first-order valence-electron chi connectivity index (χ1n) is 5.46. The minimum absolute atomic E-state index is 0.0593. The molecule has 0 radical (unpaired) electrons. The molecule has 0 bridgehead atoms. The second-order valence-electron chi connectivity index (χ2n) is 4.67. The Labute approximate surface area is 92.3 Å². The molecular weight excluding hydrogens is 186 g/mol. The number of rotatable bonds is 4. The Bertz CT molecular complexity index is 302. The van der Waals surface area contributed by atoms with Crippen LogP contribution in [0, 0.1) is 0 Å². The lowest BCUT2D eigenvalue weighted by molar-refractivity contribution is 0.628. The van der Waals surface area contributed by atoms with Crippen LogP contribution in [0.4, 0.5) is 5.82 Å². The second-order valence-corrected chi connectivity index (χ2v) is 4.67. The van der Waals surface area contributed by atoms with Gasteiger partial charge in [-0.1, -0.05) is 13.0 Å². The van der Waals surface area contributed by atoms with Gasteiger partial charge in [0.2, 0.25) is 0 Å². The van der Waals surface area contributed by atoms with Crippen LogP contribution in [-0.2, 0) is 6.54 Å². The topological polar surface area (TPSA) is 37.0 Å². The largest absolute Gasteiger partial charge is 0.365 e. The van der Waals surface area contributed by atoms with Crippen molar-refractivity contribution in [1.29, 1.82) is 0 Å². The molecule has 0 saturated carbocycles. The van der Waals surface area contributed by atoms with Gasteiger partial charge in [0.05, 0.1) is 5.69 Å². The van der Waals surface area contributed by atoms with Crippen molar-refractivity contribution in [3.63, 3.8) is 0 Å². The summed E-state index contributed by atoms with van der Waals surface area (Å²) in [6.45, 7) is 10.3. The summed E-state index contributed by atoms with van der Waals surface area (Å²) in [4.78, 5) is 4.52. The second kappa shape index (κ2) is 5.12. The minimum atomic E-state index is 0.0593. The zero-order chi connectivity index (χ0) is 11.3. The van der Waals surface area contributed by atoms with Crippen LogP contribution in [0.5, 0.6) is 0 Å². The van der Waals surface area contributed by atoms with E-state index in [4.69, 9.17) is 0 Å². The van der Waals surface area contributed by atoms with Crippen molar-refractivity contribution in [2.24, 2.45) is 0 Å². The monoisotopic (exact) mass is 207 g/mol. The number of anilines is 1. The van der Waals surface area contributed by atoms with E-state index in [0.717, 1.165) is 24.6 Å². The summed E-state index contributed by atoms with van der Waals surface area (Å²) in [5, 5.41) is 6.62. The standard InChI is InChI=1S/C12H21N3/c1-5-13-9-10-7-6-8-11(14-10)15-12(2,3)4/h6-8,13H,5,9H2,1-4H3,(H,14,15). The van der Waals surface area contributed by atoms with Gasteiger partial charge in [0.1, 0.15) is 5.82 Å². The van der Waals surface area contributed by atoms with Gasteiger partial charge < -0.3 is 10.6 Å². The predicted molar refractivity (Wildman–Crippen MR) is 65.0 cm³/mol. The molecule has 15 heavy (non-hydrogen) atoms. The zero-order valence-electron chi connectivity index (χ0n) is 10.1. The van der Waals surface area contributed by atoms with Gasteiger partial charge in [0, 0.05) is 12.1 Å². The molecule has 0 aromatic carbocycles. The van der Waals surface area contributed by atoms with Crippen LogP contribution >= 0.6 is 0 Å². The molecule has 3 heteroatoms. The number of hydrogen-bond donors (Lipinski definition) is 2. The molecule has 3 nitrogen and oxygen atoms in total. The highest BCUT2D eigenvalue weighted by atomic mass is 15.0. The van der Waals surface area contributed by atoms with E-state index in [1.807, 2.05) is 18.2 Å². The van der Waals surface area contributed by atoms with Crippen molar-refractivity contribution in [1.82, 2.24) is 10.3 Å². The van der Waals surface area contributed by atoms with Crippen LogP contribution in [0.1, 0.15) is 33.4 Å². The van der Waals surface area contributed by atoms with Gasteiger partial charge in [0.25, 0.3) is 0 Å². The van der Waals surface area contributed by atoms with Gasteiger partial charge in [-0.15, -0.1) is 0 Å². The summed E-state index contributed by atoms with van der Waals surface area (Å²) < 4.78 is 0. The molecule has 0 unspecified atom stereocenters. The molecule has 1 heterocycles. The average molecular weight is 207 g/mol. The summed E-state index contributed by atoms with van der Waals surface area (Å²) in [7, 11) is 0. The maximum absolute atomic E-state index is 4.52. The smallest absolute Gasteiger partial charge is 0.126 e. The van der Waals surface area contributed by atoms with E-state index in [9.17, 15) is 0 Å². The van der Waals surface area contributed by atoms with Crippen molar-refractivity contribution in [3.8, 4) is 0 Å². The molecular formula is C12H21N3. The first kappa shape index (κ1) is 12.0. The molecule has 0 aliphatic rings. The molecule has 0 saturated heterocycles. The third kappa shape index (κ3) is 4.79. The molecule has 2 N–H and O–H groups in total. The molecule has 1 aromatic rings. The Morgan fingerprint density at radius 2 is 2.00 bits per heavy atom. The van der Waals surface area contributed by atoms with Crippen molar-refractivity contribution < 1.29 is 0 Å². The van der Waals surface area contributed by atoms with E-state index in [-0.39, 0.29) is 5.54 Å². The van der Waals surface area contributed by atoms with Crippen LogP contribution in [0.25, 0.3) is 0 Å². The van der Waals surface area contributed by atoms with E-state index in [1.165, 1.54) is 0 Å². The normalized spacial score (nSPS) is 11.5. The Kier molecular flexibility index (Phi) is 4.09. The first-order chi connectivity index (χ1) is 7.01. The number of nitrogens with one attached hydrogen (secondary N) is 2. The van der Waals surface area contributed by atoms with Gasteiger partial charge in [-0.05, 0) is 39.4 Å². The molecule has 1 aromatic heterocycles. The third-order valence-corrected chi connectivity index (χ3v) is 1.87. The molecule has 0 amide bonds. The summed E-state index contributed by atoms with van der Waals surface area (Å²) in [5.41, 5.74) is 1.13. The maximum atomic E-state index is 4.52. The lowest BCUT2D eigenvalue weighted by Gasteiger charge is -2.21. The van der Waals surface area contributed by atoms with Gasteiger partial charge >= 0.3 is 0 Å². The van der Waals surface area contributed by atoms with E-state index in [0.29, 0.717) is 0 Å². The van der Waals surface area contributed by atoms with E-state index < -0.39 is 0 Å². The Morgan fingerprint density at radius 1 is 1.27 bits per heavy atom. The SMILES string of the molecule is CCNCc1cccc(NC(C)(C)C)n1. The first-order valence-corrected chi connectivity index (χ1v) is 5.46. The summed E-state index contributed by atoms with van der Waals surface area (Å²) in [5.74, 6) is 0.943. The van der Waals surface area contributed by atoms with Crippen molar-refractivity contribution in [2.75, 3.05) is 11.9 Å². The van der Waals surface area contributed by atoms with E-state index in [2.05, 4.69) is 43.3 Å². The number of hydrogen-bond acceptors (Lipinski definition) is 3. The zero-order valence-corrected chi connectivity index (χ0v) is 10.1. The van der Waals surface area contributed by atoms with Crippen LogP contribution in [-0.4, -0.2) is 17.1 Å². The Morgan fingerprint density at radius 3 is 2.60 bits per heavy atom. The Hall–Kier alpha value is -1.09. The van der Waals surface area contributed by atoms with Crippen LogP contribution in [0.15, 0.2) is 18.2 Å². The van der Waals surface area contributed by atoms with Gasteiger partial charge in [0.15, 0.2) is 0 Å². The highest BCUT2D eigenvalue weighted by Crippen LogP contribution is 2.12. The third-order valence-electron chi connectivity index (χ3n) is 1.87. The highest BCUT2D eigenvalue weighted by Gasteiger charge is 2.09.